The van der Waals surface area contributed by atoms with Crippen molar-refractivity contribution in [2.45, 2.75) is 44.8 Å². The van der Waals surface area contributed by atoms with Crippen LogP contribution in [0.15, 0.2) is 24.3 Å². The molecule has 0 aromatic heterocycles. The van der Waals surface area contributed by atoms with Gasteiger partial charge in [-0.2, -0.15) is 0 Å². The molecule has 1 aromatic carbocycles. The third-order valence-corrected chi connectivity index (χ3v) is 5.61. The molecular weight excluding hydrogens is 366 g/mol. The van der Waals surface area contributed by atoms with Gasteiger partial charge < -0.3 is 15.0 Å². The summed E-state index contributed by atoms with van der Waals surface area (Å²) in [4.78, 5) is 28.8. The Morgan fingerprint density at radius 2 is 1.89 bits per heavy atom. The first-order valence-corrected chi connectivity index (χ1v) is 9.70. The van der Waals surface area contributed by atoms with Gasteiger partial charge in [0.25, 0.3) is 5.91 Å². The van der Waals surface area contributed by atoms with Crippen LogP contribution in [0.1, 0.15) is 32.6 Å². The molecule has 2 aliphatic heterocycles. The number of ether oxygens (including phenoxy) is 1. The van der Waals surface area contributed by atoms with Crippen LogP contribution in [-0.4, -0.2) is 55.0 Å². The highest BCUT2D eigenvalue weighted by Crippen LogP contribution is 2.33. The van der Waals surface area contributed by atoms with Crippen molar-refractivity contribution in [3.63, 3.8) is 0 Å². The maximum atomic E-state index is 12.8. The smallest absolute Gasteiger partial charge is 0.268 e. The van der Waals surface area contributed by atoms with Gasteiger partial charge >= 0.3 is 0 Å². The number of amides is 2. The number of nitrogens with zero attached hydrogens (tertiary/aromatic N) is 2. The Labute approximate surface area is 166 Å². The number of fused-ring (bicyclic) bond motifs is 1. The van der Waals surface area contributed by atoms with Gasteiger partial charge in [-0.05, 0) is 57.2 Å². The molecule has 7 heteroatoms. The first-order valence-electron chi connectivity index (χ1n) is 9.70. The van der Waals surface area contributed by atoms with Crippen LogP contribution in [-0.2, 0) is 9.59 Å². The first-order chi connectivity index (χ1) is 12.6. The molecule has 0 bridgehead atoms. The van der Waals surface area contributed by atoms with Crippen molar-refractivity contribution in [3.05, 3.63) is 24.3 Å². The highest BCUT2D eigenvalue weighted by molar-refractivity contribution is 6.03. The van der Waals surface area contributed by atoms with Gasteiger partial charge in [0, 0.05) is 19.1 Å². The second-order valence-electron chi connectivity index (χ2n) is 7.66. The minimum atomic E-state index is -0.560. The fraction of sp³-hybridized carbons (Fsp3) is 0.600. The second kappa shape index (κ2) is 8.48. The average molecular weight is 394 g/mol. The Balaban J connectivity index is 0.00000210. The van der Waals surface area contributed by atoms with E-state index >= 15 is 0 Å². The van der Waals surface area contributed by atoms with Crippen molar-refractivity contribution in [2.75, 3.05) is 31.1 Å². The second-order valence-corrected chi connectivity index (χ2v) is 7.66. The number of piperidine rings is 1. The number of benzene rings is 1. The summed E-state index contributed by atoms with van der Waals surface area (Å²) in [5, 5.41) is 3.63. The summed E-state index contributed by atoms with van der Waals surface area (Å²) in [7, 11) is 0. The lowest BCUT2D eigenvalue weighted by Gasteiger charge is -2.36. The van der Waals surface area contributed by atoms with Crippen molar-refractivity contribution >= 4 is 29.9 Å². The number of carbonyl (C=O) groups excluding carboxylic acids is 2. The normalized spacial score (nSPS) is 22.7. The lowest BCUT2D eigenvalue weighted by Crippen LogP contribution is -2.52. The molecule has 0 spiro atoms. The monoisotopic (exact) mass is 393 g/mol. The third-order valence-electron chi connectivity index (χ3n) is 5.61. The highest BCUT2D eigenvalue weighted by Gasteiger charge is 2.34. The summed E-state index contributed by atoms with van der Waals surface area (Å²) < 4.78 is 5.64. The minimum Gasteiger partial charge on any atom is -0.479 e. The molecule has 1 aliphatic carbocycles. The summed E-state index contributed by atoms with van der Waals surface area (Å²) in [5.41, 5.74) is 0.685. The number of carbonyl (C=O) groups is 2. The zero-order valence-electron chi connectivity index (χ0n) is 15.7. The van der Waals surface area contributed by atoms with E-state index in [1.54, 1.807) is 11.8 Å². The molecule has 1 atom stereocenters. The largest absolute Gasteiger partial charge is 0.479 e. The molecule has 2 amide bonds. The summed E-state index contributed by atoms with van der Waals surface area (Å²) in [5.74, 6) is 1.40. The number of hydrogen-bond donors (Lipinski definition) is 1. The standard InChI is InChI=1S/C20H27N3O3.ClH/c1-14-20(25)23(17-4-2-3-5-18(17)26-14)13-19(24)22-10-8-16(9-11-22)21-12-15-6-7-15;/h2-5,14-16,21H,6-13H2,1H3;1H. The molecule has 4 rings (SSSR count). The van der Waals surface area contributed by atoms with Crippen LogP contribution >= 0.6 is 12.4 Å². The molecule has 1 saturated carbocycles. The summed E-state index contributed by atoms with van der Waals surface area (Å²) in [6, 6.07) is 7.93. The third kappa shape index (κ3) is 4.55. The lowest BCUT2D eigenvalue weighted by atomic mass is 10.0. The lowest BCUT2D eigenvalue weighted by molar-refractivity contribution is -0.134. The SMILES string of the molecule is CC1Oc2ccccc2N(CC(=O)N2CCC(NCC3CC3)CC2)C1=O.Cl. The van der Waals surface area contributed by atoms with Crippen molar-refractivity contribution in [1.29, 1.82) is 0 Å². The van der Waals surface area contributed by atoms with Crippen LogP contribution < -0.4 is 15.0 Å². The molecular formula is C20H28ClN3O3. The molecule has 1 unspecified atom stereocenters. The van der Waals surface area contributed by atoms with E-state index in [4.69, 9.17) is 4.74 Å². The van der Waals surface area contributed by atoms with E-state index in [-0.39, 0.29) is 30.8 Å². The van der Waals surface area contributed by atoms with Crippen LogP contribution in [0.3, 0.4) is 0 Å². The van der Waals surface area contributed by atoms with Crippen LogP contribution in [0.25, 0.3) is 0 Å². The minimum absolute atomic E-state index is 0. The van der Waals surface area contributed by atoms with E-state index in [0.29, 0.717) is 17.5 Å². The van der Waals surface area contributed by atoms with E-state index in [0.717, 1.165) is 38.4 Å². The molecule has 148 valence electrons. The predicted molar refractivity (Wildman–Crippen MR) is 106 cm³/mol. The van der Waals surface area contributed by atoms with Gasteiger partial charge in [0.2, 0.25) is 5.91 Å². The Hall–Kier alpha value is -1.79. The van der Waals surface area contributed by atoms with Gasteiger partial charge in [0.15, 0.2) is 6.10 Å². The average Bonchev–Trinajstić information content (AvgIpc) is 3.48. The maximum absolute atomic E-state index is 12.8. The maximum Gasteiger partial charge on any atom is 0.268 e. The van der Waals surface area contributed by atoms with Crippen LogP contribution in [0.4, 0.5) is 5.69 Å². The quantitative estimate of drug-likeness (QED) is 0.833. The van der Waals surface area contributed by atoms with Crippen LogP contribution in [0, 0.1) is 5.92 Å². The van der Waals surface area contributed by atoms with Crippen molar-refractivity contribution in [3.8, 4) is 5.75 Å². The number of para-hydroxylation sites is 2. The molecule has 27 heavy (non-hydrogen) atoms. The zero-order valence-corrected chi connectivity index (χ0v) is 16.5. The topological polar surface area (TPSA) is 61.9 Å². The van der Waals surface area contributed by atoms with Gasteiger partial charge in [-0.1, -0.05) is 12.1 Å². The Kier molecular flexibility index (Phi) is 6.27. The predicted octanol–water partition coefficient (Wildman–Crippen LogP) is 2.21. The number of anilines is 1. The van der Waals surface area contributed by atoms with Gasteiger partial charge in [0.1, 0.15) is 12.3 Å². The van der Waals surface area contributed by atoms with Crippen LogP contribution in [0.5, 0.6) is 5.75 Å². The molecule has 0 radical (unpaired) electrons. The van der Waals surface area contributed by atoms with E-state index in [2.05, 4.69) is 5.32 Å². The first kappa shape index (κ1) is 20.0. The number of nitrogens with one attached hydrogen (secondary N) is 1. The van der Waals surface area contributed by atoms with Crippen molar-refractivity contribution < 1.29 is 14.3 Å². The summed E-state index contributed by atoms with van der Waals surface area (Å²) in [6.45, 7) is 4.46. The molecule has 6 nitrogen and oxygen atoms in total. The fourth-order valence-corrected chi connectivity index (χ4v) is 3.75. The Morgan fingerprint density at radius 3 is 2.59 bits per heavy atom. The van der Waals surface area contributed by atoms with Gasteiger partial charge in [-0.25, -0.2) is 0 Å². The summed E-state index contributed by atoms with van der Waals surface area (Å²) in [6.07, 6.45) is 4.13. The molecule has 1 N–H and O–H groups in total. The van der Waals surface area contributed by atoms with E-state index in [1.165, 1.54) is 12.8 Å². The van der Waals surface area contributed by atoms with Crippen LogP contribution in [0.2, 0.25) is 0 Å². The molecule has 3 aliphatic rings. The Morgan fingerprint density at radius 1 is 1.19 bits per heavy atom. The van der Waals surface area contributed by atoms with Gasteiger partial charge in [-0.15, -0.1) is 12.4 Å². The van der Waals surface area contributed by atoms with Gasteiger partial charge in [0.05, 0.1) is 5.69 Å². The molecule has 1 saturated heterocycles. The van der Waals surface area contributed by atoms with Crippen molar-refractivity contribution in [1.82, 2.24) is 10.2 Å². The molecule has 1 aromatic rings. The fourth-order valence-electron chi connectivity index (χ4n) is 3.75. The molecule has 2 fully saturated rings. The number of hydrogen-bond acceptors (Lipinski definition) is 4. The number of rotatable bonds is 5. The molecule has 2 heterocycles. The Bertz CT molecular complexity index is 687. The number of likely N-dealkylation sites (tertiary alicyclic amines) is 1. The zero-order chi connectivity index (χ0) is 18.1. The summed E-state index contributed by atoms with van der Waals surface area (Å²) >= 11 is 0. The van der Waals surface area contributed by atoms with E-state index in [1.807, 2.05) is 29.2 Å². The van der Waals surface area contributed by atoms with E-state index in [9.17, 15) is 9.59 Å². The highest BCUT2D eigenvalue weighted by atomic mass is 35.5. The number of halogens is 1. The van der Waals surface area contributed by atoms with Gasteiger partial charge in [-0.3, -0.25) is 14.5 Å². The van der Waals surface area contributed by atoms with Crippen molar-refractivity contribution in [2.24, 2.45) is 5.92 Å². The van der Waals surface area contributed by atoms with E-state index < -0.39 is 6.10 Å².